The molecule has 2 rings (SSSR count). The van der Waals surface area contributed by atoms with Crippen molar-refractivity contribution in [2.24, 2.45) is 5.16 Å². The van der Waals surface area contributed by atoms with Gasteiger partial charge in [-0.15, -0.1) is 0 Å². The van der Waals surface area contributed by atoms with Crippen LogP contribution in [-0.4, -0.2) is 31.7 Å². The number of nitrogens with zero attached hydrogens (tertiary/aromatic N) is 1. The van der Waals surface area contributed by atoms with E-state index >= 15 is 0 Å². The van der Waals surface area contributed by atoms with Crippen molar-refractivity contribution >= 4 is 23.7 Å². The Balaban J connectivity index is 1.91. The number of carbonyl (C=O) groups excluding carboxylic acids is 2. The molecule has 0 saturated carbocycles. The number of hydrogen-bond donors (Lipinski definition) is 2. The number of nitrogens with one attached hydrogen (secondary N) is 2. The Morgan fingerprint density at radius 1 is 1.08 bits per heavy atom. The minimum atomic E-state index is -0.313. The zero-order chi connectivity index (χ0) is 18.2. The summed E-state index contributed by atoms with van der Waals surface area (Å²) in [6.07, 6.45) is 1.54. The maximum Gasteiger partial charge on any atom is 0.251 e. The van der Waals surface area contributed by atoms with Gasteiger partial charge in [-0.05, 0) is 42.7 Å². The number of rotatable bonds is 6. The van der Waals surface area contributed by atoms with E-state index in [0.717, 1.165) is 22.4 Å². The highest BCUT2D eigenvalue weighted by atomic mass is 16.6. The summed E-state index contributed by atoms with van der Waals surface area (Å²) in [6, 6.07) is 12.6. The molecule has 0 aliphatic rings. The molecule has 0 aliphatic carbocycles. The molecule has 2 aromatic carbocycles. The van der Waals surface area contributed by atoms with Crippen molar-refractivity contribution in [3.63, 3.8) is 0 Å². The first-order valence-electron chi connectivity index (χ1n) is 7.82. The first-order chi connectivity index (χ1) is 12.0. The van der Waals surface area contributed by atoms with Gasteiger partial charge >= 0.3 is 0 Å². The van der Waals surface area contributed by atoms with Crippen molar-refractivity contribution in [2.75, 3.05) is 19.0 Å². The van der Waals surface area contributed by atoms with E-state index in [1.807, 2.05) is 32.0 Å². The topological polar surface area (TPSA) is 79.8 Å². The number of oxime groups is 1. The van der Waals surface area contributed by atoms with Crippen LogP contribution >= 0.6 is 0 Å². The van der Waals surface area contributed by atoms with Gasteiger partial charge in [0.1, 0.15) is 7.11 Å². The van der Waals surface area contributed by atoms with Crippen LogP contribution < -0.4 is 10.6 Å². The minimum absolute atomic E-state index is 0.0977. The van der Waals surface area contributed by atoms with E-state index in [4.69, 9.17) is 0 Å². The zero-order valence-corrected chi connectivity index (χ0v) is 14.5. The first kappa shape index (κ1) is 18.2. The van der Waals surface area contributed by atoms with Crippen molar-refractivity contribution in [3.8, 4) is 0 Å². The van der Waals surface area contributed by atoms with E-state index in [1.54, 1.807) is 30.5 Å². The van der Waals surface area contributed by atoms with E-state index in [2.05, 4.69) is 20.6 Å². The van der Waals surface area contributed by atoms with Crippen molar-refractivity contribution in [1.82, 2.24) is 5.32 Å². The molecule has 0 unspecified atom stereocenters. The lowest BCUT2D eigenvalue weighted by Gasteiger charge is -2.12. The SMILES string of the molecule is CO/N=C/c1ccc(C(=O)NCC(=O)Nc2c(C)cccc2C)cc1. The molecule has 130 valence electrons. The molecule has 6 heteroatoms. The molecule has 2 N–H and O–H groups in total. The molecule has 0 heterocycles. The fraction of sp³-hybridized carbons (Fsp3) is 0.211. The monoisotopic (exact) mass is 339 g/mol. The Labute approximate surface area is 146 Å². The van der Waals surface area contributed by atoms with Gasteiger partial charge in [-0.1, -0.05) is 35.5 Å². The summed E-state index contributed by atoms with van der Waals surface area (Å²) in [4.78, 5) is 28.8. The van der Waals surface area contributed by atoms with E-state index in [9.17, 15) is 9.59 Å². The molecule has 0 radical (unpaired) electrons. The predicted molar refractivity (Wildman–Crippen MR) is 97.9 cm³/mol. The van der Waals surface area contributed by atoms with Crippen LogP contribution in [0.5, 0.6) is 0 Å². The lowest BCUT2D eigenvalue weighted by atomic mass is 10.1. The number of amides is 2. The van der Waals surface area contributed by atoms with Crippen molar-refractivity contribution in [3.05, 3.63) is 64.7 Å². The first-order valence-corrected chi connectivity index (χ1v) is 7.82. The third-order valence-electron chi connectivity index (χ3n) is 3.64. The number of carbonyl (C=O) groups is 2. The fourth-order valence-corrected chi connectivity index (χ4v) is 2.29. The van der Waals surface area contributed by atoms with Crippen molar-refractivity contribution in [2.45, 2.75) is 13.8 Å². The lowest BCUT2D eigenvalue weighted by molar-refractivity contribution is -0.115. The van der Waals surface area contributed by atoms with Crippen LogP contribution in [0.1, 0.15) is 27.0 Å². The third-order valence-corrected chi connectivity index (χ3v) is 3.64. The number of hydrogen-bond acceptors (Lipinski definition) is 4. The molecular weight excluding hydrogens is 318 g/mol. The predicted octanol–water partition coefficient (Wildman–Crippen LogP) is 2.65. The average molecular weight is 339 g/mol. The second-order valence-corrected chi connectivity index (χ2v) is 5.54. The molecule has 0 atom stereocenters. The van der Waals surface area contributed by atoms with Gasteiger partial charge in [-0.3, -0.25) is 9.59 Å². The molecule has 0 aromatic heterocycles. The maximum atomic E-state index is 12.1. The van der Waals surface area contributed by atoms with Gasteiger partial charge in [0, 0.05) is 11.3 Å². The number of para-hydroxylation sites is 1. The highest BCUT2D eigenvalue weighted by molar-refractivity contribution is 6.00. The maximum absolute atomic E-state index is 12.1. The van der Waals surface area contributed by atoms with Crippen molar-refractivity contribution < 1.29 is 14.4 Å². The minimum Gasteiger partial charge on any atom is -0.399 e. The van der Waals surface area contributed by atoms with Crippen LogP contribution in [0.2, 0.25) is 0 Å². The summed E-state index contributed by atoms with van der Waals surface area (Å²) in [5.41, 5.74) is 4.02. The van der Waals surface area contributed by atoms with Crippen LogP contribution in [0.25, 0.3) is 0 Å². The largest absolute Gasteiger partial charge is 0.399 e. The molecule has 2 aromatic rings. The second-order valence-electron chi connectivity index (χ2n) is 5.54. The zero-order valence-electron chi connectivity index (χ0n) is 14.5. The Morgan fingerprint density at radius 3 is 2.32 bits per heavy atom. The summed E-state index contributed by atoms with van der Waals surface area (Å²) in [7, 11) is 1.46. The Morgan fingerprint density at radius 2 is 1.72 bits per heavy atom. The average Bonchev–Trinajstić information content (AvgIpc) is 2.61. The fourth-order valence-electron chi connectivity index (χ4n) is 2.29. The van der Waals surface area contributed by atoms with E-state index in [1.165, 1.54) is 7.11 Å². The van der Waals surface area contributed by atoms with Crippen LogP contribution in [0.4, 0.5) is 5.69 Å². The van der Waals surface area contributed by atoms with Gasteiger partial charge in [0.25, 0.3) is 5.91 Å². The summed E-state index contributed by atoms with van der Waals surface area (Å²) >= 11 is 0. The molecular formula is C19H21N3O3. The van der Waals surface area contributed by atoms with Gasteiger partial charge in [-0.25, -0.2) is 0 Å². The van der Waals surface area contributed by atoms with Crippen molar-refractivity contribution in [1.29, 1.82) is 0 Å². The molecule has 0 fully saturated rings. The summed E-state index contributed by atoms with van der Waals surface area (Å²) in [6.45, 7) is 3.75. The van der Waals surface area contributed by atoms with E-state index in [-0.39, 0.29) is 18.4 Å². The van der Waals surface area contributed by atoms with E-state index < -0.39 is 0 Å². The summed E-state index contributed by atoms with van der Waals surface area (Å²) in [5.74, 6) is -0.582. The molecule has 0 spiro atoms. The molecule has 0 saturated heterocycles. The Hall–Kier alpha value is -3.15. The van der Waals surface area contributed by atoms with Gasteiger partial charge in [-0.2, -0.15) is 0 Å². The van der Waals surface area contributed by atoms with Crippen LogP contribution in [0.15, 0.2) is 47.6 Å². The summed E-state index contributed by atoms with van der Waals surface area (Å²) < 4.78 is 0. The van der Waals surface area contributed by atoms with Crippen LogP contribution in [0.3, 0.4) is 0 Å². The highest BCUT2D eigenvalue weighted by Crippen LogP contribution is 2.18. The molecule has 0 aliphatic heterocycles. The van der Waals surface area contributed by atoms with Gasteiger partial charge < -0.3 is 15.5 Å². The van der Waals surface area contributed by atoms with Crippen LogP contribution in [0, 0.1) is 13.8 Å². The normalized spacial score (nSPS) is 10.5. The van der Waals surface area contributed by atoms with Crippen LogP contribution in [-0.2, 0) is 9.63 Å². The Kier molecular flexibility index (Phi) is 6.28. The third kappa shape index (κ3) is 5.17. The molecule has 2 amide bonds. The van der Waals surface area contributed by atoms with Gasteiger partial charge in [0.05, 0.1) is 12.8 Å². The van der Waals surface area contributed by atoms with Gasteiger partial charge in [0.15, 0.2) is 0 Å². The number of benzene rings is 2. The Bertz CT molecular complexity index is 763. The quantitative estimate of drug-likeness (QED) is 0.627. The van der Waals surface area contributed by atoms with E-state index in [0.29, 0.717) is 5.56 Å². The molecule has 25 heavy (non-hydrogen) atoms. The number of anilines is 1. The molecule has 6 nitrogen and oxygen atoms in total. The lowest BCUT2D eigenvalue weighted by Crippen LogP contribution is -2.33. The molecule has 0 bridgehead atoms. The highest BCUT2D eigenvalue weighted by Gasteiger charge is 2.10. The second kappa shape index (κ2) is 8.63. The number of aryl methyl sites for hydroxylation is 2. The summed E-state index contributed by atoms with van der Waals surface area (Å²) in [5, 5.41) is 9.10. The van der Waals surface area contributed by atoms with Gasteiger partial charge in [0.2, 0.25) is 5.91 Å². The smallest absolute Gasteiger partial charge is 0.251 e. The standard InChI is InChI=1S/C19H21N3O3/c1-13-5-4-6-14(2)18(13)22-17(23)12-20-19(24)16-9-7-15(8-10-16)11-21-25-3/h4-11H,12H2,1-3H3,(H,20,24)(H,22,23)/b21-11+.